The molecule has 2 nitrogen and oxygen atoms in total. The van der Waals surface area contributed by atoms with E-state index in [2.05, 4.69) is 13.8 Å². The van der Waals surface area contributed by atoms with Crippen molar-refractivity contribution in [1.82, 2.24) is 0 Å². The molecule has 0 heterocycles. The molecule has 0 aliphatic rings. The molecule has 0 aliphatic carbocycles. The second kappa shape index (κ2) is 8.78. The van der Waals surface area contributed by atoms with E-state index in [1.54, 1.807) is 0 Å². The van der Waals surface area contributed by atoms with E-state index in [1.807, 2.05) is 38.1 Å². The van der Waals surface area contributed by atoms with Crippen molar-refractivity contribution < 1.29 is 9.53 Å². The Morgan fingerprint density at radius 2 is 1.70 bits per heavy atom. The van der Waals surface area contributed by atoms with Crippen LogP contribution < -0.4 is 4.74 Å². The second-order valence-electron chi connectivity index (χ2n) is 5.82. The number of hydrogen-bond acceptors (Lipinski definition) is 2. The zero-order valence-corrected chi connectivity index (χ0v) is 13.3. The van der Waals surface area contributed by atoms with Crippen LogP contribution in [0.15, 0.2) is 24.3 Å². The van der Waals surface area contributed by atoms with Crippen LogP contribution in [0.2, 0.25) is 0 Å². The van der Waals surface area contributed by atoms with Gasteiger partial charge in [-0.15, -0.1) is 0 Å². The van der Waals surface area contributed by atoms with Crippen LogP contribution in [0.25, 0.3) is 0 Å². The van der Waals surface area contributed by atoms with E-state index in [4.69, 9.17) is 4.74 Å². The van der Waals surface area contributed by atoms with E-state index in [-0.39, 0.29) is 17.8 Å². The molecule has 0 spiro atoms. The zero-order valence-electron chi connectivity index (χ0n) is 13.3. The summed E-state index contributed by atoms with van der Waals surface area (Å²) in [6.45, 7) is 8.18. The van der Waals surface area contributed by atoms with Crippen LogP contribution >= 0.6 is 0 Å². The van der Waals surface area contributed by atoms with Gasteiger partial charge >= 0.3 is 0 Å². The van der Waals surface area contributed by atoms with Crippen molar-refractivity contribution >= 4 is 5.78 Å². The van der Waals surface area contributed by atoms with Gasteiger partial charge in [-0.25, -0.2) is 0 Å². The summed E-state index contributed by atoms with van der Waals surface area (Å²) in [5, 5.41) is 0. The lowest BCUT2D eigenvalue weighted by atomic mass is 10.0. The first-order valence-electron chi connectivity index (χ1n) is 7.85. The minimum absolute atomic E-state index is 0.0410. The Kier molecular flexibility index (Phi) is 7.35. The molecule has 20 heavy (non-hydrogen) atoms. The largest absolute Gasteiger partial charge is 0.491 e. The number of hydrogen-bond donors (Lipinski definition) is 0. The lowest BCUT2D eigenvalue weighted by molar-refractivity contribution is 0.0939. The molecule has 0 bridgehead atoms. The number of carbonyl (C=O) groups excluding carboxylic acids is 1. The molecule has 0 saturated heterocycles. The standard InChI is InChI=1S/C18H28O2/c1-5-6-7-8-9-15(4)20-17-12-10-16(11-13-17)18(19)14(2)3/h10-15H,5-9H2,1-4H3. The third-order valence-corrected chi connectivity index (χ3v) is 3.46. The van der Waals surface area contributed by atoms with Gasteiger partial charge in [0.05, 0.1) is 6.10 Å². The van der Waals surface area contributed by atoms with Gasteiger partial charge in [0.15, 0.2) is 5.78 Å². The Labute approximate surface area is 123 Å². The van der Waals surface area contributed by atoms with Crippen molar-refractivity contribution in [3.63, 3.8) is 0 Å². The SMILES string of the molecule is CCCCCCC(C)Oc1ccc(C(=O)C(C)C)cc1. The quantitative estimate of drug-likeness (QED) is 0.454. The van der Waals surface area contributed by atoms with Gasteiger partial charge in [-0.2, -0.15) is 0 Å². The summed E-state index contributed by atoms with van der Waals surface area (Å²) in [5.41, 5.74) is 0.767. The predicted octanol–water partition coefficient (Wildman–Crippen LogP) is 5.26. The van der Waals surface area contributed by atoms with Gasteiger partial charge in [-0.1, -0.05) is 40.0 Å². The van der Waals surface area contributed by atoms with Gasteiger partial charge in [0, 0.05) is 11.5 Å². The van der Waals surface area contributed by atoms with Crippen LogP contribution in [0.4, 0.5) is 0 Å². The maximum atomic E-state index is 11.8. The minimum atomic E-state index is 0.0410. The summed E-state index contributed by atoms with van der Waals surface area (Å²) in [5.74, 6) is 1.08. The maximum Gasteiger partial charge on any atom is 0.165 e. The highest BCUT2D eigenvalue weighted by atomic mass is 16.5. The maximum absolute atomic E-state index is 11.8. The number of carbonyl (C=O) groups is 1. The van der Waals surface area contributed by atoms with E-state index in [0.717, 1.165) is 17.7 Å². The summed E-state index contributed by atoms with van der Waals surface area (Å²) >= 11 is 0. The molecular weight excluding hydrogens is 248 g/mol. The van der Waals surface area contributed by atoms with Crippen LogP contribution in [0.5, 0.6) is 5.75 Å². The zero-order chi connectivity index (χ0) is 15.0. The smallest absolute Gasteiger partial charge is 0.165 e. The monoisotopic (exact) mass is 276 g/mol. The molecule has 0 N–H and O–H groups in total. The van der Waals surface area contributed by atoms with E-state index < -0.39 is 0 Å². The third kappa shape index (κ3) is 5.77. The van der Waals surface area contributed by atoms with Crippen molar-refractivity contribution in [2.75, 3.05) is 0 Å². The number of Topliss-reactive ketones (excluding diaryl/α,β-unsaturated/α-hetero) is 1. The van der Waals surface area contributed by atoms with E-state index in [0.29, 0.717) is 0 Å². The van der Waals surface area contributed by atoms with Gasteiger partial charge in [0.1, 0.15) is 5.75 Å². The van der Waals surface area contributed by atoms with Crippen molar-refractivity contribution in [2.45, 2.75) is 65.9 Å². The molecule has 1 aromatic rings. The fourth-order valence-electron chi connectivity index (χ4n) is 2.18. The van der Waals surface area contributed by atoms with Crippen molar-refractivity contribution in [3.05, 3.63) is 29.8 Å². The molecular formula is C18H28O2. The molecule has 0 saturated carbocycles. The molecule has 0 aliphatic heterocycles. The highest BCUT2D eigenvalue weighted by Crippen LogP contribution is 2.18. The summed E-state index contributed by atoms with van der Waals surface area (Å²) < 4.78 is 5.88. The molecule has 0 radical (unpaired) electrons. The number of ether oxygens (including phenoxy) is 1. The molecule has 2 heteroatoms. The third-order valence-electron chi connectivity index (χ3n) is 3.46. The lowest BCUT2D eigenvalue weighted by Crippen LogP contribution is -2.12. The number of unbranched alkanes of at least 4 members (excludes halogenated alkanes) is 3. The molecule has 112 valence electrons. The number of benzene rings is 1. The van der Waals surface area contributed by atoms with Crippen molar-refractivity contribution in [2.24, 2.45) is 5.92 Å². The molecule has 1 atom stereocenters. The molecule has 0 fully saturated rings. The Morgan fingerprint density at radius 3 is 2.25 bits per heavy atom. The first-order chi connectivity index (χ1) is 9.54. The Balaban J connectivity index is 2.43. The Hall–Kier alpha value is -1.31. The molecule has 1 aromatic carbocycles. The average molecular weight is 276 g/mol. The molecule has 0 amide bonds. The Bertz CT molecular complexity index is 392. The summed E-state index contributed by atoms with van der Waals surface area (Å²) in [4.78, 5) is 11.8. The van der Waals surface area contributed by atoms with E-state index in [9.17, 15) is 4.79 Å². The molecule has 1 unspecified atom stereocenters. The first kappa shape index (κ1) is 16.7. The lowest BCUT2D eigenvalue weighted by Gasteiger charge is -2.15. The normalized spacial score (nSPS) is 12.4. The van der Waals surface area contributed by atoms with Gasteiger partial charge in [0.25, 0.3) is 0 Å². The van der Waals surface area contributed by atoms with Gasteiger partial charge in [0.2, 0.25) is 0 Å². The van der Waals surface area contributed by atoms with Crippen LogP contribution in [-0.2, 0) is 0 Å². The number of rotatable bonds is 9. The fraction of sp³-hybridized carbons (Fsp3) is 0.611. The van der Waals surface area contributed by atoms with E-state index >= 15 is 0 Å². The average Bonchev–Trinajstić information content (AvgIpc) is 2.43. The van der Waals surface area contributed by atoms with Crippen LogP contribution in [0, 0.1) is 5.92 Å². The highest BCUT2D eigenvalue weighted by molar-refractivity contribution is 5.97. The molecule has 1 rings (SSSR count). The van der Waals surface area contributed by atoms with Crippen LogP contribution in [0.1, 0.15) is 70.2 Å². The van der Waals surface area contributed by atoms with Crippen LogP contribution in [-0.4, -0.2) is 11.9 Å². The fourth-order valence-corrected chi connectivity index (χ4v) is 2.18. The number of ketones is 1. The molecule has 0 aromatic heterocycles. The minimum Gasteiger partial charge on any atom is -0.491 e. The Morgan fingerprint density at radius 1 is 1.05 bits per heavy atom. The van der Waals surface area contributed by atoms with Gasteiger partial charge in [-0.05, 0) is 44.0 Å². The van der Waals surface area contributed by atoms with Crippen molar-refractivity contribution in [1.29, 1.82) is 0 Å². The second-order valence-corrected chi connectivity index (χ2v) is 5.82. The highest BCUT2D eigenvalue weighted by Gasteiger charge is 2.10. The van der Waals surface area contributed by atoms with Crippen LogP contribution in [0.3, 0.4) is 0 Å². The summed E-state index contributed by atoms with van der Waals surface area (Å²) in [6.07, 6.45) is 6.40. The summed E-state index contributed by atoms with van der Waals surface area (Å²) in [7, 11) is 0. The topological polar surface area (TPSA) is 26.3 Å². The van der Waals surface area contributed by atoms with E-state index in [1.165, 1.54) is 25.7 Å². The van der Waals surface area contributed by atoms with Gasteiger partial charge < -0.3 is 4.74 Å². The summed E-state index contributed by atoms with van der Waals surface area (Å²) in [6, 6.07) is 7.53. The van der Waals surface area contributed by atoms with Gasteiger partial charge in [-0.3, -0.25) is 4.79 Å². The first-order valence-corrected chi connectivity index (χ1v) is 7.85. The predicted molar refractivity (Wildman–Crippen MR) is 84.5 cm³/mol. The van der Waals surface area contributed by atoms with Crippen molar-refractivity contribution in [3.8, 4) is 5.75 Å².